The van der Waals surface area contributed by atoms with E-state index in [2.05, 4.69) is 21.9 Å². The first-order valence-corrected chi connectivity index (χ1v) is 11.8. The normalized spacial score (nSPS) is 21.5. The summed E-state index contributed by atoms with van der Waals surface area (Å²) in [6.45, 7) is 9.08. The van der Waals surface area contributed by atoms with Gasteiger partial charge in [0.1, 0.15) is 5.75 Å². The van der Waals surface area contributed by atoms with Crippen LogP contribution in [-0.4, -0.2) is 111 Å². The number of nitrogens with zero attached hydrogens (tertiary/aromatic N) is 4. The third-order valence-corrected chi connectivity index (χ3v) is 6.91. The highest BCUT2D eigenvalue weighted by atomic mass is 16.5. The number of methoxy groups -OCH3 is 1. The summed E-state index contributed by atoms with van der Waals surface area (Å²) in [7, 11) is 1.68. The lowest BCUT2D eigenvalue weighted by atomic mass is 9.95. The molecule has 0 aromatic heterocycles. The zero-order chi connectivity index (χ0) is 22.3. The third kappa shape index (κ3) is 5.99. The molecule has 32 heavy (non-hydrogen) atoms. The first-order valence-electron chi connectivity index (χ1n) is 11.8. The van der Waals surface area contributed by atoms with Crippen molar-refractivity contribution < 1.29 is 19.1 Å². The average Bonchev–Trinajstić information content (AvgIpc) is 2.85. The number of carbonyl (C=O) groups is 2. The van der Waals surface area contributed by atoms with Crippen LogP contribution in [0.3, 0.4) is 0 Å². The summed E-state index contributed by atoms with van der Waals surface area (Å²) in [6, 6.07) is 8.19. The average molecular weight is 445 g/mol. The van der Waals surface area contributed by atoms with E-state index in [4.69, 9.17) is 9.47 Å². The van der Waals surface area contributed by atoms with Gasteiger partial charge < -0.3 is 19.3 Å². The third-order valence-electron chi connectivity index (χ3n) is 6.91. The van der Waals surface area contributed by atoms with E-state index in [-0.39, 0.29) is 17.7 Å². The van der Waals surface area contributed by atoms with Gasteiger partial charge in [-0.3, -0.25) is 19.4 Å². The van der Waals surface area contributed by atoms with Crippen LogP contribution in [0.25, 0.3) is 0 Å². The van der Waals surface area contributed by atoms with Gasteiger partial charge in [0, 0.05) is 51.7 Å². The van der Waals surface area contributed by atoms with Crippen molar-refractivity contribution in [3.63, 3.8) is 0 Å². The van der Waals surface area contributed by atoms with Crippen molar-refractivity contribution in [3.05, 3.63) is 29.8 Å². The van der Waals surface area contributed by atoms with E-state index in [1.165, 1.54) is 5.56 Å². The lowest BCUT2D eigenvalue weighted by Gasteiger charge is -2.38. The predicted octanol–water partition coefficient (Wildman–Crippen LogP) is 0.910. The molecule has 3 saturated heterocycles. The molecule has 0 spiro atoms. The Hall–Kier alpha value is -2.16. The summed E-state index contributed by atoms with van der Waals surface area (Å²) in [5.74, 6) is 1.46. The van der Waals surface area contributed by atoms with E-state index in [1.807, 2.05) is 21.9 Å². The van der Waals surface area contributed by atoms with Gasteiger partial charge in [-0.2, -0.15) is 0 Å². The largest absolute Gasteiger partial charge is 0.497 e. The van der Waals surface area contributed by atoms with Gasteiger partial charge in [0.05, 0.1) is 26.9 Å². The van der Waals surface area contributed by atoms with Crippen LogP contribution in [0.5, 0.6) is 5.75 Å². The number of benzene rings is 1. The SMILES string of the molecule is COc1ccc(CN2CCN(C(=O)CN3CCC(C(=O)N4CCOCC4)CC3)CC2)cc1. The number of piperazine rings is 1. The molecule has 4 rings (SSSR count). The second-order valence-electron chi connectivity index (χ2n) is 8.99. The molecule has 0 saturated carbocycles. The number of piperidine rings is 1. The fourth-order valence-corrected chi connectivity index (χ4v) is 4.82. The molecule has 0 bridgehead atoms. The highest BCUT2D eigenvalue weighted by molar-refractivity contribution is 5.80. The molecule has 2 amide bonds. The van der Waals surface area contributed by atoms with Crippen molar-refractivity contribution in [1.82, 2.24) is 19.6 Å². The Morgan fingerprint density at radius 3 is 2.16 bits per heavy atom. The van der Waals surface area contributed by atoms with Crippen molar-refractivity contribution in [2.75, 3.05) is 79.2 Å². The topological polar surface area (TPSA) is 65.6 Å². The maximum atomic E-state index is 12.8. The van der Waals surface area contributed by atoms with Gasteiger partial charge in [0.2, 0.25) is 11.8 Å². The first-order chi connectivity index (χ1) is 15.6. The molecule has 0 atom stereocenters. The van der Waals surface area contributed by atoms with Gasteiger partial charge in [0.15, 0.2) is 0 Å². The van der Waals surface area contributed by atoms with Gasteiger partial charge in [-0.15, -0.1) is 0 Å². The van der Waals surface area contributed by atoms with Gasteiger partial charge in [0.25, 0.3) is 0 Å². The fraction of sp³-hybridized carbons (Fsp3) is 0.667. The van der Waals surface area contributed by atoms with Crippen molar-refractivity contribution in [3.8, 4) is 5.75 Å². The Morgan fingerprint density at radius 1 is 0.875 bits per heavy atom. The van der Waals surface area contributed by atoms with Gasteiger partial charge in [-0.25, -0.2) is 0 Å². The highest BCUT2D eigenvalue weighted by Gasteiger charge is 2.31. The number of likely N-dealkylation sites (tertiary alicyclic amines) is 1. The molecule has 8 heteroatoms. The van der Waals surface area contributed by atoms with Crippen LogP contribution in [0.2, 0.25) is 0 Å². The standard InChI is InChI=1S/C24H36N4O4/c1-31-22-4-2-20(3-5-22)18-26-10-12-27(13-11-26)23(29)19-25-8-6-21(7-9-25)24(30)28-14-16-32-17-15-28/h2-5,21H,6-19H2,1H3. The second-order valence-corrected chi connectivity index (χ2v) is 8.99. The minimum Gasteiger partial charge on any atom is -0.497 e. The van der Waals surface area contributed by atoms with Crippen LogP contribution < -0.4 is 4.74 Å². The number of hydrogen-bond donors (Lipinski definition) is 0. The number of ether oxygens (including phenoxy) is 2. The van der Waals surface area contributed by atoms with E-state index in [0.29, 0.717) is 32.8 Å². The summed E-state index contributed by atoms with van der Waals surface area (Å²) in [5, 5.41) is 0. The Balaban J connectivity index is 1.15. The maximum Gasteiger partial charge on any atom is 0.236 e. The summed E-state index contributed by atoms with van der Waals surface area (Å²) in [4.78, 5) is 34.1. The number of rotatable bonds is 6. The minimum atomic E-state index is 0.0981. The Labute approximate surface area is 191 Å². The predicted molar refractivity (Wildman–Crippen MR) is 121 cm³/mol. The van der Waals surface area contributed by atoms with Crippen molar-refractivity contribution in [2.24, 2.45) is 5.92 Å². The number of carbonyl (C=O) groups excluding carboxylic acids is 2. The van der Waals surface area contributed by atoms with Gasteiger partial charge in [-0.1, -0.05) is 12.1 Å². The molecule has 3 heterocycles. The Morgan fingerprint density at radius 2 is 1.53 bits per heavy atom. The molecular weight excluding hydrogens is 408 g/mol. The van der Waals surface area contributed by atoms with Crippen LogP contribution in [0.4, 0.5) is 0 Å². The van der Waals surface area contributed by atoms with E-state index in [0.717, 1.165) is 64.4 Å². The molecule has 8 nitrogen and oxygen atoms in total. The fourth-order valence-electron chi connectivity index (χ4n) is 4.82. The zero-order valence-electron chi connectivity index (χ0n) is 19.2. The van der Waals surface area contributed by atoms with E-state index in [9.17, 15) is 9.59 Å². The molecule has 0 aliphatic carbocycles. The van der Waals surface area contributed by atoms with E-state index < -0.39 is 0 Å². The van der Waals surface area contributed by atoms with Crippen LogP contribution >= 0.6 is 0 Å². The van der Waals surface area contributed by atoms with E-state index in [1.54, 1.807) is 7.11 Å². The van der Waals surface area contributed by atoms with Gasteiger partial charge >= 0.3 is 0 Å². The quantitative estimate of drug-likeness (QED) is 0.650. The molecule has 3 fully saturated rings. The smallest absolute Gasteiger partial charge is 0.236 e. The maximum absolute atomic E-state index is 12.8. The lowest BCUT2D eigenvalue weighted by Crippen LogP contribution is -2.52. The summed E-state index contributed by atoms with van der Waals surface area (Å²) < 4.78 is 10.6. The summed E-state index contributed by atoms with van der Waals surface area (Å²) >= 11 is 0. The molecule has 0 N–H and O–H groups in total. The minimum absolute atomic E-state index is 0.0981. The Bertz CT molecular complexity index is 750. The van der Waals surface area contributed by atoms with Crippen LogP contribution in [0.1, 0.15) is 18.4 Å². The molecule has 176 valence electrons. The molecule has 3 aliphatic rings. The molecule has 1 aromatic carbocycles. The van der Waals surface area contributed by atoms with E-state index >= 15 is 0 Å². The highest BCUT2D eigenvalue weighted by Crippen LogP contribution is 2.21. The molecule has 3 aliphatic heterocycles. The number of morpholine rings is 1. The van der Waals surface area contributed by atoms with Crippen LogP contribution in [0.15, 0.2) is 24.3 Å². The lowest BCUT2D eigenvalue weighted by molar-refractivity contribution is -0.141. The molecule has 1 aromatic rings. The van der Waals surface area contributed by atoms with Crippen molar-refractivity contribution in [1.29, 1.82) is 0 Å². The van der Waals surface area contributed by atoms with Crippen LogP contribution in [-0.2, 0) is 20.9 Å². The van der Waals surface area contributed by atoms with Crippen LogP contribution in [0, 0.1) is 5.92 Å². The summed E-state index contributed by atoms with van der Waals surface area (Å²) in [6.07, 6.45) is 1.69. The number of hydrogen-bond acceptors (Lipinski definition) is 6. The molecule has 0 radical (unpaired) electrons. The van der Waals surface area contributed by atoms with Gasteiger partial charge in [-0.05, 0) is 43.6 Å². The molecular formula is C24H36N4O4. The first kappa shape index (κ1) is 23.0. The Kier molecular flexibility index (Phi) is 8.00. The monoisotopic (exact) mass is 444 g/mol. The zero-order valence-corrected chi connectivity index (χ0v) is 19.2. The van der Waals surface area contributed by atoms with Crippen molar-refractivity contribution in [2.45, 2.75) is 19.4 Å². The summed E-state index contributed by atoms with van der Waals surface area (Å²) in [5.41, 5.74) is 1.26. The molecule has 0 unspecified atom stereocenters. The number of amides is 2. The second kappa shape index (κ2) is 11.1. The van der Waals surface area contributed by atoms with Crippen molar-refractivity contribution >= 4 is 11.8 Å².